The highest BCUT2D eigenvalue weighted by molar-refractivity contribution is 6.00. The average Bonchev–Trinajstić information content (AvgIpc) is 2.86. The van der Waals surface area contributed by atoms with Crippen molar-refractivity contribution in [1.29, 1.82) is 0 Å². The summed E-state index contributed by atoms with van der Waals surface area (Å²) in [6, 6.07) is 1.10. The zero-order valence-electron chi connectivity index (χ0n) is 9.22. The number of carbonyl (C=O) groups excluding carboxylic acids is 1. The van der Waals surface area contributed by atoms with Gasteiger partial charge < -0.3 is 4.57 Å². The lowest BCUT2D eigenvalue weighted by Crippen LogP contribution is -2.22. The molecule has 2 rings (SSSR count). The first kappa shape index (κ1) is 12.3. The second kappa shape index (κ2) is 4.24. The number of halogens is 3. The van der Waals surface area contributed by atoms with E-state index < -0.39 is 17.5 Å². The van der Waals surface area contributed by atoms with Gasteiger partial charge in [-0.3, -0.25) is 4.79 Å². The number of alkyl halides is 3. The van der Waals surface area contributed by atoms with E-state index in [9.17, 15) is 18.0 Å². The van der Waals surface area contributed by atoms with Gasteiger partial charge in [0, 0.05) is 18.0 Å². The normalized spacial score (nSPS) is 11.8. The third-order valence-electron chi connectivity index (χ3n) is 2.14. The summed E-state index contributed by atoms with van der Waals surface area (Å²) in [7, 11) is 1.57. The molecule has 0 bridgehead atoms. The Kier molecular flexibility index (Phi) is 2.89. The predicted octanol–water partition coefficient (Wildman–Crippen LogP) is 0.805. The third kappa shape index (κ3) is 2.55. The van der Waals surface area contributed by atoms with Crippen LogP contribution in [0.4, 0.5) is 13.2 Å². The smallest absolute Gasteiger partial charge is 0.346 e. The van der Waals surface area contributed by atoms with Crippen LogP contribution in [0, 0.1) is 0 Å². The van der Waals surface area contributed by atoms with Crippen molar-refractivity contribution >= 4 is 5.78 Å². The molecule has 18 heavy (non-hydrogen) atoms. The van der Waals surface area contributed by atoms with E-state index in [0.717, 1.165) is 12.3 Å². The topological polar surface area (TPSA) is 65.6 Å². The van der Waals surface area contributed by atoms with Gasteiger partial charge in [0.25, 0.3) is 5.78 Å². The van der Waals surface area contributed by atoms with E-state index in [1.807, 2.05) is 0 Å². The van der Waals surface area contributed by atoms with Gasteiger partial charge in [-0.1, -0.05) is 0 Å². The van der Waals surface area contributed by atoms with Crippen molar-refractivity contribution in [2.24, 2.45) is 7.05 Å². The third-order valence-corrected chi connectivity index (χ3v) is 2.14. The minimum atomic E-state index is -4.86. The van der Waals surface area contributed by atoms with Crippen LogP contribution in [-0.4, -0.2) is 36.7 Å². The van der Waals surface area contributed by atoms with Crippen molar-refractivity contribution in [3.8, 4) is 0 Å². The molecule has 0 saturated heterocycles. The Bertz CT molecular complexity index is 571. The molecule has 0 aliphatic heterocycles. The molecule has 0 fully saturated rings. The fourth-order valence-electron chi connectivity index (χ4n) is 1.39. The Morgan fingerprint density at radius 3 is 2.72 bits per heavy atom. The van der Waals surface area contributed by atoms with E-state index in [1.54, 1.807) is 7.05 Å². The van der Waals surface area contributed by atoms with Gasteiger partial charge in [0.15, 0.2) is 5.82 Å². The molecule has 0 spiro atoms. The second-order valence-electron chi connectivity index (χ2n) is 3.59. The first-order valence-corrected chi connectivity index (χ1v) is 4.86. The van der Waals surface area contributed by atoms with Crippen LogP contribution in [0.15, 0.2) is 18.5 Å². The molecule has 2 heterocycles. The molecule has 2 aromatic rings. The van der Waals surface area contributed by atoms with Crippen molar-refractivity contribution in [3.05, 3.63) is 29.8 Å². The first-order chi connectivity index (χ1) is 8.36. The van der Waals surface area contributed by atoms with Crippen molar-refractivity contribution in [2.45, 2.75) is 12.7 Å². The minimum absolute atomic E-state index is 0.152. The van der Waals surface area contributed by atoms with E-state index in [4.69, 9.17) is 0 Å². The maximum Gasteiger partial charge on any atom is 0.454 e. The zero-order valence-corrected chi connectivity index (χ0v) is 9.22. The summed E-state index contributed by atoms with van der Waals surface area (Å²) in [6.45, 7) is 0.152. The van der Waals surface area contributed by atoms with Gasteiger partial charge in [-0.25, -0.2) is 0 Å². The number of tetrazole rings is 1. The van der Waals surface area contributed by atoms with Gasteiger partial charge in [-0.2, -0.15) is 18.0 Å². The summed E-state index contributed by atoms with van der Waals surface area (Å²) in [5, 5.41) is 11.2. The summed E-state index contributed by atoms with van der Waals surface area (Å²) >= 11 is 0. The zero-order chi connectivity index (χ0) is 13.3. The minimum Gasteiger partial charge on any atom is -0.346 e. The molecule has 2 aromatic heterocycles. The number of Topliss-reactive ketones (excluding diaryl/α,β-unsaturated/α-hetero) is 1. The van der Waals surface area contributed by atoms with E-state index in [-0.39, 0.29) is 6.54 Å². The number of hydrogen-bond acceptors (Lipinski definition) is 4. The molecule has 0 aliphatic carbocycles. The maximum absolute atomic E-state index is 12.2. The standard InChI is InChI=1S/C9H8F3N5O/c1-16-14-7(13-15-16)5-17-3-2-6(4-17)8(18)9(10,11)12/h2-4H,5H2,1H3. The lowest BCUT2D eigenvalue weighted by Gasteiger charge is -2.02. The van der Waals surface area contributed by atoms with E-state index >= 15 is 0 Å². The Morgan fingerprint density at radius 2 is 2.17 bits per heavy atom. The predicted molar refractivity (Wildman–Crippen MR) is 52.7 cm³/mol. The number of rotatable bonds is 3. The Balaban J connectivity index is 2.14. The van der Waals surface area contributed by atoms with Gasteiger partial charge in [0.1, 0.15) is 0 Å². The number of hydrogen-bond donors (Lipinski definition) is 0. The van der Waals surface area contributed by atoms with Crippen LogP contribution in [0.2, 0.25) is 0 Å². The van der Waals surface area contributed by atoms with Crippen molar-refractivity contribution in [1.82, 2.24) is 24.8 Å². The molecule has 9 heteroatoms. The second-order valence-corrected chi connectivity index (χ2v) is 3.59. The number of aryl methyl sites for hydroxylation is 1. The molecule has 0 N–H and O–H groups in total. The Labute approximate surface area is 99.0 Å². The molecule has 0 amide bonds. The van der Waals surface area contributed by atoms with Crippen molar-refractivity contribution < 1.29 is 18.0 Å². The molecule has 0 unspecified atom stereocenters. The van der Waals surface area contributed by atoms with Crippen LogP contribution in [0.3, 0.4) is 0 Å². The van der Waals surface area contributed by atoms with Crippen molar-refractivity contribution in [2.75, 3.05) is 0 Å². The number of aromatic nitrogens is 5. The summed E-state index contributed by atoms with van der Waals surface area (Å²) in [6.07, 6.45) is -2.40. The van der Waals surface area contributed by atoms with Crippen LogP contribution in [0.5, 0.6) is 0 Å². The molecule has 0 aliphatic rings. The molecule has 0 radical (unpaired) electrons. The lowest BCUT2D eigenvalue weighted by molar-refractivity contribution is -0.0885. The fourth-order valence-corrected chi connectivity index (χ4v) is 1.39. The van der Waals surface area contributed by atoms with Gasteiger partial charge in [-0.05, 0) is 11.3 Å². The van der Waals surface area contributed by atoms with E-state index in [1.165, 1.54) is 15.6 Å². The fraction of sp³-hybridized carbons (Fsp3) is 0.333. The number of nitrogens with zero attached hydrogens (tertiary/aromatic N) is 5. The lowest BCUT2D eigenvalue weighted by atomic mass is 10.2. The molecule has 96 valence electrons. The quantitative estimate of drug-likeness (QED) is 0.765. The van der Waals surface area contributed by atoms with Crippen LogP contribution in [0.1, 0.15) is 16.2 Å². The maximum atomic E-state index is 12.2. The highest BCUT2D eigenvalue weighted by Crippen LogP contribution is 2.21. The molecular formula is C9H8F3N5O. The van der Waals surface area contributed by atoms with Crippen LogP contribution < -0.4 is 0 Å². The number of carbonyl (C=O) groups is 1. The highest BCUT2D eigenvalue weighted by atomic mass is 19.4. The molecule has 0 aromatic carbocycles. The Hall–Kier alpha value is -2.19. The summed E-state index contributed by atoms with van der Waals surface area (Å²) in [4.78, 5) is 12.2. The molecule has 0 atom stereocenters. The van der Waals surface area contributed by atoms with Crippen LogP contribution >= 0.6 is 0 Å². The van der Waals surface area contributed by atoms with Crippen LogP contribution in [-0.2, 0) is 13.6 Å². The number of ketones is 1. The van der Waals surface area contributed by atoms with Gasteiger partial charge in [-0.15, -0.1) is 10.2 Å². The first-order valence-electron chi connectivity index (χ1n) is 4.86. The van der Waals surface area contributed by atoms with E-state index in [2.05, 4.69) is 15.4 Å². The average molecular weight is 259 g/mol. The molecular weight excluding hydrogens is 251 g/mol. The van der Waals surface area contributed by atoms with Crippen LogP contribution in [0.25, 0.3) is 0 Å². The van der Waals surface area contributed by atoms with Gasteiger partial charge in [0.2, 0.25) is 0 Å². The van der Waals surface area contributed by atoms with Gasteiger partial charge in [0.05, 0.1) is 13.6 Å². The summed E-state index contributed by atoms with van der Waals surface area (Å²) in [5.74, 6) is -1.52. The largest absolute Gasteiger partial charge is 0.454 e. The van der Waals surface area contributed by atoms with E-state index in [0.29, 0.717) is 5.82 Å². The SMILES string of the molecule is Cn1nnc(Cn2ccc(C(=O)C(F)(F)F)c2)n1. The molecule has 0 saturated carbocycles. The Morgan fingerprint density at radius 1 is 1.44 bits per heavy atom. The summed E-state index contributed by atoms with van der Waals surface area (Å²) in [5.41, 5.74) is -0.411. The summed E-state index contributed by atoms with van der Waals surface area (Å²) < 4.78 is 37.9. The van der Waals surface area contributed by atoms with Crippen molar-refractivity contribution in [3.63, 3.8) is 0 Å². The molecule has 6 nitrogen and oxygen atoms in total. The highest BCUT2D eigenvalue weighted by Gasteiger charge is 2.39. The van der Waals surface area contributed by atoms with Gasteiger partial charge >= 0.3 is 6.18 Å². The monoisotopic (exact) mass is 259 g/mol.